The maximum absolute atomic E-state index is 4.65. The molecule has 3 aromatic heterocycles. The summed E-state index contributed by atoms with van der Waals surface area (Å²) in [5.74, 6) is 0.846. The summed E-state index contributed by atoms with van der Waals surface area (Å²) in [6, 6.07) is 10.3. The first-order valence-electron chi connectivity index (χ1n) is 7.41. The minimum atomic E-state index is 0.716. The molecular weight excluding hydrogens is 308 g/mol. The number of rotatable bonds is 3. The number of aryl methyl sites for hydroxylation is 3. The Balaban J connectivity index is 1.75. The predicted octanol–water partition coefficient (Wildman–Crippen LogP) is 2.89. The van der Waals surface area contributed by atoms with Crippen LogP contribution in [0.3, 0.4) is 0 Å². The largest absolute Gasteiger partial charge is 0.236 e. The lowest BCUT2D eigenvalue weighted by Gasteiger charge is -2.02. The number of hydrogen-bond acceptors (Lipinski definition) is 5. The Labute approximate surface area is 137 Å². The van der Waals surface area contributed by atoms with Crippen molar-refractivity contribution in [2.75, 3.05) is 0 Å². The van der Waals surface area contributed by atoms with Crippen LogP contribution in [-0.4, -0.2) is 29.6 Å². The zero-order valence-electron chi connectivity index (χ0n) is 13.2. The SMILES string of the molecule is Cc1cc(C)n(-c2nn3c(Cc4ccccc4C)nnc3s2)n1. The standard InChI is InChI=1S/C16H16N6S/c1-10-6-4-5-7-13(10)9-14-17-18-15-22(14)20-16(23-15)21-12(3)8-11(2)19-21/h4-8H,9H2,1-3H3. The average molecular weight is 324 g/mol. The van der Waals surface area contributed by atoms with E-state index in [0.717, 1.165) is 27.3 Å². The molecule has 0 spiro atoms. The monoisotopic (exact) mass is 324 g/mol. The molecule has 0 atom stereocenters. The van der Waals surface area contributed by atoms with Gasteiger partial charge in [-0.3, -0.25) is 0 Å². The van der Waals surface area contributed by atoms with Gasteiger partial charge in [0.1, 0.15) is 0 Å². The average Bonchev–Trinajstić information content (AvgIpc) is 3.17. The van der Waals surface area contributed by atoms with Crippen molar-refractivity contribution in [3.05, 3.63) is 58.7 Å². The second-order valence-corrected chi connectivity index (χ2v) is 6.57. The summed E-state index contributed by atoms with van der Waals surface area (Å²) in [4.78, 5) is 0.788. The van der Waals surface area contributed by atoms with E-state index in [2.05, 4.69) is 39.5 Å². The van der Waals surface area contributed by atoms with Crippen LogP contribution >= 0.6 is 11.3 Å². The molecule has 0 radical (unpaired) electrons. The highest BCUT2D eigenvalue weighted by Gasteiger charge is 2.15. The molecule has 23 heavy (non-hydrogen) atoms. The fourth-order valence-corrected chi connectivity index (χ4v) is 3.52. The first-order valence-corrected chi connectivity index (χ1v) is 8.23. The van der Waals surface area contributed by atoms with Gasteiger partial charge in [0.05, 0.1) is 5.69 Å². The van der Waals surface area contributed by atoms with Gasteiger partial charge in [-0.15, -0.1) is 15.3 Å². The van der Waals surface area contributed by atoms with Gasteiger partial charge < -0.3 is 0 Å². The van der Waals surface area contributed by atoms with Crippen molar-refractivity contribution < 1.29 is 0 Å². The summed E-state index contributed by atoms with van der Waals surface area (Å²) in [6.45, 7) is 6.11. The summed E-state index contributed by atoms with van der Waals surface area (Å²) in [5.41, 5.74) is 4.53. The number of aromatic nitrogens is 6. The second-order valence-electron chi connectivity index (χ2n) is 5.64. The van der Waals surface area contributed by atoms with Gasteiger partial charge in [-0.1, -0.05) is 35.6 Å². The van der Waals surface area contributed by atoms with Gasteiger partial charge >= 0.3 is 0 Å². The Morgan fingerprint density at radius 2 is 1.87 bits per heavy atom. The third-order valence-electron chi connectivity index (χ3n) is 3.85. The topological polar surface area (TPSA) is 60.9 Å². The van der Waals surface area contributed by atoms with Crippen molar-refractivity contribution in [1.29, 1.82) is 0 Å². The highest BCUT2D eigenvalue weighted by atomic mass is 32.1. The Hall–Kier alpha value is -2.54. The van der Waals surface area contributed by atoms with Crippen LogP contribution < -0.4 is 0 Å². The lowest BCUT2D eigenvalue weighted by Crippen LogP contribution is -2.02. The van der Waals surface area contributed by atoms with E-state index in [1.807, 2.05) is 41.2 Å². The zero-order chi connectivity index (χ0) is 16.0. The third kappa shape index (κ3) is 2.43. The molecule has 0 unspecified atom stereocenters. The molecule has 6 nitrogen and oxygen atoms in total. The minimum absolute atomic E-state index is 0.716. The van der Waals surface area contributed by atoms with Gasteiger partial charge in [-0.05, 0) is 38.0 Å². The first-order chi connectivity index (χ1) is 11.1. The van der Waals surface area contributed by atoms with E-state index >= 15 is 0 Å². The maximum atomic E-state index is 4.65. The molecular formula is C16H16N6S. The zero-order valence-corrected chi connectivity index (χ0v) is 14.0. The molecule has 0 aliphatic rings. The second kappa shape index (κ2) is 5.27. The van der Waals surface area contributed by atoms with E-state index in [1.165, 1.54) is 22.5 Å². The van der Waals surface area contributed by atoms with Crippen LogP contribution in [0.2, 0.25) is 0 Å². The van der Waals surface area contributed by atoms with Gasteiger partial charge in [0, 0.05) is 12.1 Å². The van der Waals surface area contributed by atoms with E-state index in [-0.39, 0.29) is 0 Å². The molecule has 0 saturated carbocycles. The van der Waals surface area contributed by atoms with Crippen molar-refractivity contribution in [3.63, 3.8) is 0 Å². The molecule has 0 fully saturated rings. The molecule has 4 aromatic rings. The van der Waals surface area contributed by atoms with Crippen LogP contribution in [0.25, 0.3) is 10.1 Å². The van der Waals surface area contributed by atoms with Crippen LogP contribution in [0.15, 0.2) is 30.3 Å². The first kappa shape index (κ1) is 14.1. The third-order valence-corrected chi connectivity index (χ3v) is 4.72. The lowest BCUT2D eigenvalue weighted by molar-refractivity contribution is 0.772. The minimum Gasteiger partial charge on any atom is -0.209 e. The number of benzene rings is 1. The smallest absolute Gasteiger partial charge is 0.209 e. The van der Waals surface area contributed by atoms with Crippen molar-refractivity contribution in [3.8, 4) is 5.13 Å². The Bertz CT molecular complexity index is 993. The molecule has 0 amide bonds. The van der Waals surface area contributed by atoms with Crippen LogP contribution in [0, 0.1) is 20.8 Å². The van der Waals surface area contributed by atoms with Crippen molar-refractivity contribution in [2.45, 2.75) is 27.2 Å². The van der Waals surface area contributed by atoms with E-state index in [9.17, 15) is 0 Å². The van der Waals surface area contributed by atoms with Crippen molar-refractivity contribution in [1.82, 2.24) is 29.6 Å². The molecule has 0 bridgehead atoms. The molecule has 3 heterocycles. The van der Waals surface area contributed by atoms with Gasteiger partial charge in [0.15, 0.2) is 5.82 Å². The number of nitrogens with zero attached hydrogens (tertiary/aromatic N) is 6. The molecule has 0 N–H and O–H groups in total. The van der Waals surface area contributed by atoms with E-state index < -0.39 is 0 Å². The Morgan fingerprint density at radius 1 is 1.04 bits per heavy atom. The fourth-order valence-electron chi connectivity index (χ4n) is 2.64. The molecule has 0 saturated heterocycles. The van der Waals surface area contributed by atoms with Crippen LogP contribution in [0.5, 0.6) is 0 Å². The molecule has 0 aliphatic carbocycles. The van der Waals surface area contributed by atoms with Crippen LogP contribution in [0.4, 0.5) is 0 Å². The van der Waals surface area contributed by atoms with Crippen LogP contribution in [-0.2, 0) is 6.42 Å². The highest BCUT2D eigenvalue weighted by molar-refractivity contribution is 7.18. The van der Waals surface area contributed by atoms with Gasteiger partial charge in [0.2, 0.25) is 10.1 Å². The summed E-state index contributed by atoms with van der Waals surface area (Å²) < 4.78 is 3.68. The molecule has 0 aliphatic heterocycles. The summed E-state index contributed by atoms with van der Waals surface area (Å²) in [6.07, 6.45) is 0.716. The van der Waals surface area contributed by atoms with Gasteiger partial charge in [0.25, 0.3) is 0 Å². The van der Waals surface area contributed by atoms with E-state index in [4.69, 9.17) is 0 Å². The number of fused-ring (bicyclic) bond motifs is 1. The maximum Gasteiger partial charge on any atom is 0.236 e. The van der Waals surface area contributed by atoms with Gasteiger partial charge in [-0.25, -0.2) is 4.68 Å². The van der Waals surface area contributed by atoms with E-state index in [0.29, 0.717) is 6.42 Å². The lowest BCUT2D eigenvalue weighted by atomic mass is 10.1. The molecule has 1 aromatic carbocycles. The van der Waals surface area contributed by atoms with Gasteiger partial charge in [-0.2, -0.15) is 9.61 Å². The summed E-state index contributed by atoms with van der Waals surface area (Å²) in [5, 5.41) is 18.5. The highest BCUT2D eigenvalue weighted by Crippen LogP contribution is 2.21. The Kier molecular flexibility index (Phi) is 3.23. The molecule has 7 heteroatoms. The normalized spacial score (nSPS) is 11.4. The molecule has 4 rings (SSSR count). The number of hydrogen-bond donors (Lipinski definition) is 0. The summed E-state index contributed by atoms with van der Waals surface area (Å²) >= 11 is 1.49. The van der Waals surface area contributed by atoms with E-state index in [1.54, 1.807) is 0 Å². The predicted molar refractivity (Wildman–Crippen MR) is 89.2 cm³/mol. The fraction of sp³-hybridized carbons (Fsp3) is 0.250. The van der Waals surface area contributed by atoms with Crippen molar-refractivity contribution in [2.24, 2.45) is 0 Å². The quantitative estimate of drug-likeness (QED) is 0.581. The summed E-state index contributed by atoms with van der Waals surface area (Å²) in [7, 11) is 0. The van der Waals surface area contributed by atoms with Crippen LogP contribution in [0.1, 0.15) is 28.3 Å². The Morgan fingerprint density at radius 3 is 2.61 bits per heavy atom. The van der Waals surface area contributed by atoms with Crippen molar-refractivity contribution >= 4 is 16.3 Å². The molecule has 116 valence electrons.